The lowest BCUT2D eigenvalue weighted by atomic mass is 10.1. The number of hydrogen-bond donors (Lipinski definition) is 1. The van der Waals surface area contributed by atoms with Crippen molar-refractivity contribution in [3.8, 4) is 17.1 Å². The second-order valence-corrected chi connectivity index (χ2v) is 7.77. The van der Waals surface area contributed by atoms with E-state index in [9.17, 15) is 4.79 Å². The predicted octanol–water partition coefficient (Wildman–Crippen LogP) is 3.98. The van der Waals surface area contributed by atoms with Crippen LogP contribution in [0.1, 0.15) is 34.2 Å². The molecule has 146 valence electrons. The molecule has 0 unspecified atom stereocenters. The lowest BCUT2D eigenvalue weighted by molar-refractivity contribution is 0.0929. The summed E-state index contributed by atoms with van der Waals surface area (Å²) < 4.78 is 10.5. The topological polar surface area (TPSA) is 67.6 Å². The van der Waals surface area contributed by atoms with Crippen LogP contribution in [0.5, 0.6) is 5.75 Å². The SMILES string of the molecule is COc1ccc(-c2cc(C(=O)NC[C@@H](c3cccs3)N3CCCC3)no2)cc1. The van der Waals surface area contributed by atoms with E-state index in [1.165, 1.54) is 17.7 Å². The molecule has 0 bridgehead atoms. The maximum absolute atomic E-state index is 12.6. The molecule has 0 spiro atoms. The zero-order valence-electron chi connectivity index (χ0n) is 15.8. The van der Waals surface area contributed by atoms with Crippen LogP contribution in [0.2, 0.25) is 0 Å². The summed E-state index contributed by atoms with van der Waals surface area (Å²) in [6.07, 6.45) is 2.43. The summed E-state index contributed by atoms with van der Waals surface area (Å²) in [4.78, 5) is 16.3. The van der Waals surface area contributed by atoms with Crippen LogP contribution in [0, 0.1) is 0 Å². The molecule has 0 radical (unpaired) electrons. The first kappa shape index (κ1) is 18.7. The van der Waals surface area contributed by atoms with Gasteiger partial charge in [0, 0.05) is 23.1 Å². The number of ether oxygens (including phenoxy) is 1. The van der Waals surface area contributed by atoms with Gasteiger partial charge in [-0.2, -0.15) is 0 Å². The number of thiophene rings is 1. The number of likely N-dealkylation sites (tertiary alicyclic amines) is 1. The molecule has 1 aliphatic heterocycles. The van der Waals surface area contributed by atoms with Crippen molar-refractivity contribution in [1.29, 1.82) is 0 Å². The Hall–Kier alpha value is -2.64. The van der Waals surface area contributed by atoms with Crippen molar-refractivity contribution < 1.29 is 14.1 Å². The van der Waals surface area contributed by atoms with Crippen LogP contribution in [0.25, 0.3) is 11.3 Å². The summed E-state index contributed by atoms with van der Waals surface area (Å²) >= 11 is 1.73. The number of carbonyl (C=O) groups is 1. The molecule has 1 aromatic carbocycles. The van der Waals surface area contributed by atoms with Crippen molar-refractivity contribution in [3.05, 3.63) is 58.4 Å². The van der Waals surface area contributed by atoms with Crippen LogP contribution in [0.15, 0.2) is 52.4 Å². The monoisotopic (exact) mass is 397 g/mol. The summed E-state index contributed by atoms with van der Waals surface area (Å²) in [5, 5.41) is 9.06. The Labute approximate surface area is 168 Å². The molecular weight excluding hydrogens is 374 g/mol. The molecule has 0 aliphatic carbocycles. The zero-order chi connectivity index (χ0) is 19.3. The van der Waals surface area contributed by atoms with Crippen LogP contribution in [0.4, 0.5) is 0 Å². The Morgan fingerprint density at radius 2 is 2.07 bits per heavy atom. The first-order valence-electron chi connectivity index (χ1n) is 9.41. The molecule has 1 fully saturated rings. The van der Waals surface area contributed by atoms with Gasteiger partial charge in [-0.05, 0) is 61.6 Å². The highest BCUT2D eigenvalue weighted by molar-refractivity contribution is 7.10. The second-order valence-electron chi connectivity index (χ2n) is 6.79. The number of benzene rings is 1. The fourth-order valence-electron chi connectivity index (χ4n) is 3.50. The molecule has 6 nitrogen and oxygen atoms in total. The molecule has 1 atom stereocenters. The molecule has 0 saturated carbocycles. The van der Waals surface area contributed by atoms with Gasteiger partial charge in [0.05, 0.1) is 13.2 Å². The molecule has 4 rings (SSSR count). The van der Waals surface area contributed by atoms with Crippen LogP contribution < -0.4 is 10.1 Å². The molecule has 28 heavy (non-hydrogen) atoms. The Bertz CT molecular complexity index is 899. The highest BCUT2D eigenvalue weighted by atomic mass is 32.1. The summed E-state index contributed by atoms with van der Waals surface area (Å²) in [5.41, 5.74) is 1.14. The Morgan fingerprint density at radius 1 is 1.29 bits per heavy atom. The van der Waals surface area contributed by atoms with E-state index < -0.39 is 0 Å². The van der Waals surface area contributed by atoms with Crippen molar-refractivity contribution >= 4 is 17.2 Å². The minimum absolute atomic E-state index is 0.208. The lowest BCUT2D eigenvalue weighted by Gasteiger charge is -2.26. The van der Waals surface area contributed by atoms with E-state index in [0.29, 0.717) is 12.3 Å². The van der Waals surface area contributed by atoms with Crippen LogP contribution in [0.3, 0.4) is 0 Å². The van der Waals surface area contributed by atoms with E-state index in [1.807, 2.05) is 24.3 Å². The highest BCUT2D eigenvalue weighted by Crippen LogP contribution is 2.28. The van der Waals surface area contributed by atoms with Gasteiger partial charge >= 0.3 is 0 Å². The van der Waals surface area contributed by atoms with E-state index >= 15 is 0 Å². The van der Waals surface area contributed by atoms with E-state index in [1.54, 1.807) is 24.5 Å². The second kappa shape index (κ2) is 8.58. The van der Waals surface area contributed by atoms with Gasteiger partial charge in [-0.3, -0.25) is 9.69 Å². The quantitative estimate of drug-likeness (QED) is 0.653. The highest BCUT2D eigenvalue weighted by Gasteiger charge is 2.25. The number of nitrogens with one attached hydrogen (secondary N) is 1. The Kier molecular flexibility index (Phi) is 5.73. The molecule has 7 heteroatoms. The molecule has 1 saturated heterocycles. The Morgan fingerprint density at radius 3 is 2.75 bits per heavy atom. The Balaban J connectivity index is 1.42. The van der Waals surface area contributed by atoms with Crippen molar-refractivity contribution in [2.24, 2.45) is 0 Å². The zero-order valence-corrected chi connectivity index (χ0v) is 16.6. The van der Waals surface area contributed by atoms with Crippen molar-refractivity contribution in [2.75, 3.05) is 26.7 Å². The summed E-state index contributed by atoms with van der Waals surface area (Å²) in [7, 11) is 1.62. The van der Waals surface area contributed by atoms with Gasteiger partial charge in [-0.15, -0.1) is 11.3 Å². The maximum atomic E-state index is 12.6. The van der Waals surface area contributed by atoms with Gasteiger partial charge in [0.15, 0.2) is 11.5 Å². The van der Waals surface area contributed by atoms with E-state index in [0.717, 1.165) is 24.4 Å². The van der Waals surface area contributed by atoms with Gasteiger partial charge in [-0.1, -0.05) is 11.2 Å². The van der Waals surface area contributed by atoms with Crippen molar-refractivity contribution in [3.63, 3.8) is 0 Å². The number of rotatable bonds is 7. The molecule has 2 aromatic heterocycles. The van der Waals surface area contributed by atoms with Crippen LogP contribution in [-0.4, -0.2) is 42.7 Å². The summed E-state index contributed by atoms with van der Waals surface area (Å²) in [6.45, 7) is 2.71. The maximum Gasteiger partial charge on any atom is 0.273 e. The van der Waals surface area contributed by atoms with Crippen LogP contribution in [-0.2, 0) is 0 Å². The number of hydrogen-bond acceptors (Lipinski definition) is 6. The van der Waals surface area contributed by atoms with Crippen LogP contribution >= 0.6 is 11.3 Å². The summed E-state index contributed by atoms with van der Waals surface area (Å²) in [5.74, 6) is 1.11. The third-order valence-electron chi connectivity index (χ3n) is 5.03. The number of methoxy groups -OCH3 is 1. The van der Waals surface area contributed by atoms with Gasteiger partial charge in [0.2, 0.25) is 0 Å². The van der Waals surface area contributed by atoms with E-state index in [-0.39, 0.29) is 17.6 Å². The molecular formula is C21H23N3O3S. The normalized spacial score (nSPS) is 15.5. The average molecular weight is 398 g/mol. The van der Waals surface area contributed by atoms with Gasteiger partial charge < -0.3 is 14.6 Å². The van der Waals surface area contributed by atoms with Gasteiger partial charge in [-0.25, -0.2) is 0 Å². The standard InChI is InChI=1S/C21H23N3O3S/c1-26-16-8-6-15(7-9-16)19-13-17(23-27-19)21(25)22-14-18(20-5-4-12-28-20)24-10-2-3-11-24/h4-9,12-13,18H,2-3,10-11,14H2,1H3,(H,22,25)/t18-/m0/s1. The number of carbonyl (C=O) groups excluding carboxylic acids is 1. The fourth-order valence-corrected chi connectivity index (χ4v) is 4.36. The number of amides is 1. The van der Waals surface area contributed by atoms with Crippen molar-refractivity contribution in [1.82, 2.24) is 15.4 Å². The fraction of sp³-hybridized carbons (Fsp3) is 0.333. The minimum Gasteiger partial charge on any atom is -0.497 e. The average Bonchev–Trinajstić information content (AvgIpc) is 3.50. The lowest BCUT2D eigenvalue weighted by Crippen LogP contribution is -2.36. The van der Waals surface area contributed by atoms with Gasteiger partial charge in [0.1, 0.15) is 5.75 Å². The minimum atomic E-state index is -0.218. The first-order chi connectivity index (χ1) is 13.7. The molecule has 3 aromatic rings. The molecule has 1 N–H and O–H groups in total. The third kappa shape index (κ3) is 4.10. The molecule has 1 aliphatic rings. The number of aromatic nitrogens is 1. The smallest absolute Gasteiger partial charge is 0.273 e. The molecule has 1 amide bonds. The summed E-state index contributed by atoms with van der Waals surface area (Å²) in [6, 6.07) is 13.5. The molecule has 3 heterocycles. The number of nitrogens with zero attached hydrogens (tertiary/aromatic N) is 2. The van der Waals surface area contributed by atoms with E-state index in [4.69, 9.17) is 9.26 Å². The van der Waals surface area contributed by atoms with E-state index in [2.05, 4.69) is 32.9 Å². The van der Waals surface area contributed by atoms with Gasteiger partial charge in [0.25, 0.3) is 5.91 Å². The predicted molar refractivity (Wildman–Crippen MR) is 109 cm³/mol. The first-order valence-corrected chi connectivity index (χ1v) is 10.3. The van der Waals surface area contributed by atoms with Crippen molar-refractivity contribution in [2.45, 2.75) is 18.9 Å². The third-order valence-corrected chi connectivity index (χ3v) is 6.00. The largest absolute Gasteiger partial charge is 0.497 e.